The SMILES string of the molecule is CC(C)C[C@@H]1NC(=O)N(CC(=O)Nc2c(F)cccc2F)C1=O. The van der Waals surface area contributed by atoms with Crippen molar-refractivity contribution >= 4 is 23.5 Å². The van der Waals surface area contributed by atoms with Crippen LogP contribution in [0.4, 0.5) is 19.3 Å². The van der Waals surface area contributed by atoms with Crippen molar-refractivity contribution < 1.29 is 23.2 Å². The van der Waals surface area contributed by atoms with Crippen LogP contribution in [0.1, 0.15) is 20.3 Å². The van der Waals surface area contributed by atoms with E-state index in [0.29, 0.717) is 6.42 Å². The first kappa shape index (κ1) is 16.9. The molecule has 23 heavy (non-hydrogen) atoms. The highest BCUT2D eigenvalue weighted by molar-refractivity contribution is 6.07. The molecule has 0 saturated carbocycles. The first-order chi connectivity index (χ1) is 10.8. The Morgan fingerprint density at radius 1 is 1.30 bits per heavy atom. The average Bonchev–Trinajstić information content (AvgIpc) is 2.70. The number of carbonyl (C=O) groups excluding carboxylic acids is 3. The summed E-state index contributed by atoms with van der Waals surface area (Å²) < 4.78 is 26.9. The van der Waals surface area contributed by atoms with E-state index in [9.17, 15) is 23.2 Å². The predicted molar refractivity (Wildman–Crippen MR) is 78.5 cm³/mol. The van der Waals surface area contributed by atoms with E-state index in [-0.39, 0.29) is 5.92 Å². The maximum Gasteiger partial charge on any atom is 0.325 e. The zero-order chi connectivity index (χ0) is 17.1. The van der Waals surface area contributed by atoms with Crippen LogP contribution in [0.5, 0.6) is 0 Å². The number of anilines is 1. The van der Waals surface area contributed by atoms with Crippen LogP contribution in [0, 0.1) is 17.6 Å². The molecule has 0 radical (unpaired) electrons. The minimum absolute atomic E-state index is 0.186. The summed E-state index contributed by atoms with van der Waals surface area (Å²) in [7, 11) is 0. The number of carbonyl (C=O) groups is 3. The Morgan fingerprint density at radius 3 is 2.48 bits per heavy atom. The monoisotopic (exact) mass is 325 g/mol. The van der Waals surface area contributed by atoms with E-state index in [2.05, 4.69) is 5.32 Å². The number of nitrogens with zero attached hydrogens (tertiary/aromatic N) is 1. The summed E-state index contributed by atoms with van der Waals surface area (Å²) in [6.45, 7) is 3.19. The summed E-state index contributed by atoms with van der Waals surface area (Å²) in [6, 6.07) is 1.77. The topological polar surface area (TPSA) is 78.5 Å². The van der Waals surface area contributed by atoms with Gasteiger partial charge in [-0.05, 0) is 24.5 Å². The standard InChI is InChI=1S/C15H17F2N3O3/c1-8(2)6-11-14(22)20(15(23)18-11)7-12(21)19-13-9(16)4-3-5-10(13)17/h3-5,8,11H,6-7H2,1-2H3,(H,18,23)(H,19,21)/t11-/m0/s1. The van der Waals surface area contributed by atoms with Crippen LogP contribution in [-0.2, 0) is 9.59 Å². The van der Waals surface area contributed by atoms with Gasteiger partial charge in [-0.2, -0.15) is 0 Å². The van der Waals surface area contributed by atoms with Gasteiger partial charge >= 0.3 is 6.03 Å². The van der Waals surface area contributed by atoms with E-state index in [4.69, 9.17) is 0 Å². The van der Waals surface area contributed by atoms with E-state index < -0.39 is 47.8 Å². The highest BCUT2D eigenvalue weighted by atomic mass is 19.1. The Hall–Kier alpha value is -2.51. The number of benzene rings is 1. The molecule has 0 aliphatic carbocycles. The van der Waals surface area contributed by atoms with Crippen molar-refractivity contribution in [1.29, 1.82) is 0 Å². The highest BCUT2D eigenvalue weighted by Crippen LogP contribution is 2.18. The maximum atomic E-state index is 13.5. The van der Waals surface area contributed by atoms with Crippen molar-refractivity contribution in [3.05, 3.63) is 29.8 Å². The Bertz CT molecular complexity index is 629. The van der Waals surface area contributed by atoms with E-state index in [1.807, 2.05) is 19.2 Å². The first-order valence-corrected chi connectivity index (χ1v) is 7.15. The molecule has 0 bridgehead atoms. The van der Waals surface area contributed by atoms with Gasteiger partial charge < -0.3 is 10.6 Å². The normalized spacial score (nSPS) is 17.6. The molecule has 1 atom stereocenters. The lowest BCUT2D eigenvalue weighted by Crippen LogP contribution is -2.38. The number of halogens is 2. The van der Waals surface area contributed by atoms with Crippen molar-refractivity contribution in [2.45, 2.75) is 26.3 Å². The quantitative estimate of drug-likeness (QED) is 0.811. The molecule has 2 N–H and O–H groups in total. The lowest BCUT2D eigenvalue weighted by Gasteiger charge is -2.14. The van der Waals surface area contributed by atoms with Crippen LogP contribution in [-0.4, -0.2) is 35.3 Å². The van der Waals surface area contributed by atoms with Gasteiger partial charge in [0, 0.05) is 0 Å². The molecule has 1 saturated heterocycles. The Balaban J connectivity index is 2.03. The number of rotatable bonds is 5. The van der Waals surface area contributed by atoms with Crippen molar-refractivity contribution in [2.75, 3.05) is 11.9 Å². The number of para-hydroxylation sites is 1. The maximum absolute atomic E-state index is 13.5. The van der Waals surface area contributed by atoms with Crippen molar-refractivity contribution in [2.24, 2.45) is 5.92 Å². The van der Waals surface area contributed by atoms with Gasteiger partial charge in [0.25, 0.3) is 5.91 Å². The zero-order valence-corrected chi connectivity index (χ0v) is 12.7. The van der Waals surface area contributed by atoms with Crippen molar-refractivity contribution in [1.82, 2.24) is 10.2 Å². The molecule has 4 amide bonds. The van der Waals surface area contributed by atoms with Crippen LogP contribution >= 0.6 is 0 Å². The van der Waals surface area contributed by atoms with Crippen LogP contribution in [0.15, 0.2) is 18.2 Å². The van der Waals surface area contributed by atoms with E-state index in [1.54, 1.807) is 0 Å². The minimum atomic E-state index is -0.937. The third-order valence-corrected chi connectivity index (χ3v) is 3.34. The molecule has 1 heterocycles. The fourth-order valence-electron chi connectivity index (χ4n) is 2.30. The van der Waals surface area contributed by atoms with Crippen LogP contribution in [0.2, 0.25) is 0 Å². The highest BCUT2D eigenvalue weighted by Gasteiger charge is 2.39. The summed E-state index contributed by atoms with van der Waals surface area (Å²) in [5.41, 5.74) is -0.608. The third kappa shape index (κ3) is 3.82. The molecule has 1 aromatic rings. The molecule has 1 fully saturated rings. The molecule has 8 heteroatoms. The number of urea groups is 1. The molecule has 1 aliphatic rings. The zero-order valence-electron chi connectivity index (χ0n) is 12.7. The summed E-state index contributed by atoms with van der Waals surface area (Å²) in [5.74, 6) is -3.07. The molecule has 6 nitrogen and oxygen atoms in total. The van der Waals surface area contributed by atoms with Crippen molar-refractivity contribution in [3.8, 4) is 0 Å². The Labute approximate surface area is 131 Å². The predicted octanol–water partition coefficient (Wildman–Crippen LogP) is 1.87. The van der Waals surface area contributed by atoms with Gasteiger partial charge in [0.05, 0.1) is 0 Å². The molecule has 1 aliphatic heterocycles. The van der Waals surface area contributed by atoms with Gasteiger partial charge in [0.15, 0.2) is 0 Å². The fourth-order valence-corrected chi connectivity index (χ4v) is 2.30. The van der Waals surface area contributed by atoms with Gasteiger partial charge in [-0.3, -0.25) is 14.5 Å². The summed E-state index contributed by atoms with van der Waals surface area (Å²) in [4.78, 5) is 36.5. The molecular weight excluding hydrogens is 308 g/mol. The Morgan fingerprint density at radius 2 is 1.91 bits per heavy atom. The molecule has 124 valence electrons. The second-order valence-electron chi connectivity index (χ2n) is 5.70. The Kier molecular flexibility index (Phi) is 4.92. The number of amides is 4. The fraction of sp³-hybridized carbons (Fsp3) is 0.400. The average molecular weight is 325 g/mol. The number of hydrogen-bond donors (Lipinski definition) is 2. The van der Waals surface area contributed by atoms with Crippen LogP contribution in [0.3, 0.4) is 0 Å². The van der Waals surface area contributed by atoms with Gasteiger partial charge in [0.1, 0.15) is 29.9 Å². The molecule has 2 rings (SSSR count). The molecule has 1 aromatic carbocycles. The molecule has 0 spiro atoms. The van der Waals surface area contributed by atoms with E-state index >= 15 is 0 Å². The minimum Gasteiger partial charge on any atom is -0.326 e. The second-order valence-corrected chi connectivity index (χ2v) is 5.70. The van der Waals surface area contributed by atoms with Gasteiger partial charge in [0.2, 0.25) is 5.91 Å². The van der Waals surface area contributed by atoms with Crippen LogP contribution in [0.25, 0.3) is 0 Å². The smallest absolute Gasteiger partial charge is 0.325 e. The number of hydrogen-bond acceptors (Lipinski definition) is 3. The largest absolute Gasteiger partial charge is 0.326 e. The molecule has 0 unspecified atom stereocenters. The van der Waals surface area contributed by atoms with Gasteiger partial charge in [-0.25, -0.2) is 13.6 Å². The van der Waals surface area contributed by atoms with E-state index in [1.165, 1.54) is 0 Å². The first-order valence-electron chi connectivity index (χ1n) is 7.15. The second kappa shape index (κ2) is 6.72. The van der Waals surface area contributed by atoms with E-state index in [0.717, 1.165) is 23.1 Å². The van der Waals surface area contributed by atoms with Gasteiger partial charge in [-0.15, -0.1) is 0 Å². The number of imide groups is 1. The van der Waals surface area contributed by atoms with Gasteiger partial charge in [-0.1, -0.05) is 19.9 Å². The van der Waals surface area contributed by atoms with Crippen molar-refractivity contribution in [3.63, 3.8) is 0 Å². The summed E-state index contributed by atoms with van der Waals surface area (Å²) in [6.07, 6.45) is 0.449. The molecule has 0 aromatic heterocycles. The lowest BCUT2D eigenvalue weighted by molar-refractivity contribution is -0.131. The summed E-state index contributed by atoms with van der Waals surface area (Å²) in [5, 5.41) is 4.53. The lowest BCUT2D eigenvalue weighted by atomic mass is 10.0. The summed E-state index contributed by atoms with van der Waals surface area (Å²) >= 11 is 0. The molecular formula is C15H17F2N3O3. The number of nitrogens with one attached hydrogen (secondary N) is 2. The third-order valence-electron chi connectivity index (χ3n) is 3.34. The van der Waals surface area contributed by atoms with Crippen LogP contribution < -0.4 is 10.6 Å².